The zero-order valence-corrected chi connectivity index (χ0v) is 42.7. The Labute approximate surface area is 408 Å². The number of esters is 3. The molecule has 0 radical (unpaired) electrons. The fraction of sp³-hybridized carbons (Fsp3) is 0.712. The molecule has 0 aromatic heterocycles. The van der Waals surface area contributed by atoms with Crippen LogP contribution in [0.15, 0.2) is 60.7 Å². The summed E-state index contributed by atoms with van der Waals surface area (Å²) >= 11 is 0. The number of aliphatic hydroxyl groups is 4. The van der Waals surface area contributed by atoms with Crippen molar-refractivity contribution in [1.29, 1.82) is 0 Å². The second-order valence-electron chi connectivity index (χ2n) is 20.3. The van der Waals surface area contributed by atoms with E-state index in [-0.39, 0.29) is 31.4 Å². The Bertz CT molecular complexity index is 1960. The lowest BCUT2D eigenvalue weighted by Crippen LogP contribution is -2.63. The van der Waals surface area contributed by atoms with Crippen LogP contribution in [0.25, 0.3) is 0 Å². The number of nitrogens with zero attached hydrogens (tertiary/aromatic N) is 1. The molecule has 2 aromatic carbocycles. The largest absolute Gasteiger partial charge is 0.459 e. The molecule has 2 unspecified atom stereocenters. The number of methoxy groups -OCH3 is 2. The minimum atomic E-state index is -2.37. The van der Waals surface area contributed by atoms with Crippen LogP contribution in [0.1, 0.15) is 109 Å². The average molecular weight is 974 g/mol. The van der Waals surface area contributed by atoms with Gasteiger partial charge >= 0.3 is 17.9 Å². The van der Waals surface area contributed by atoms with Gasteiger partial charge in [-0.1, -0.05) is 64.1 Å². The number of likely N-dealkylation sites (N-methyl/N-ethyl adjacent to an activating group) is 1. The molecule has 0 aliphatic carbocycles. The molecule has 3 aliphatic rings. The van der Waals surface area contributed by atoms with Gasteiger partial charge in [0, 0.05) is 32.5 Å². The normalized spacial score (nSPS) is 40.6. The SMILES string of the molecule is CC[C@H]1OC(=O)[C@H](C)[C@@H](OC2C[C@@](C)(OC)[C@@H](OC(=O)c3ccccc3)[C@H](C)O2)[C@H](C)[C@@H](OC2O[C@H](C)C[C@H](N(C)C)[C@H]2OC(=O)c2ccccc2)[C@@](C)(OC)C[C@@H](C)[C@H](O)[C@H](C)[C@@H](O)[C@@]1(O)CO. The van der Waals surface area contributed by atoms with Crippen molar-refractivity contribution in [3.8, 4) is 0 Å². The highest BCUT2D eigenvalue weighted by Gasteiger charge is 2.56. The summed E-state index contributed by atoms with van der Waals surface area (Å²) in [4.78, 5) is 43.9. The first-order valence-electron chi connectivity index (χ1n) is 24.3. The Morgan fingerprint density at radius 2 is 1.32 bits per heavy atom. The van der Waals surface area contributed by atoms with Gasteiger partial charge in [0.25, 0.3) is 0 Å². The van der Waals surface area contributed by atoms with Gasteiger partial charge in [0.05, 0.1) is 71.9 Å². The van der Waals surface area contributed by atoms with Crippen LogP contribution in [-0.2, 0) is 47.4 Å². The Hall–Kier alpha value is -3.59. The highest BCUT2D eigenvalue weighted by molar-refractivity contribution is 5.90. The van der Waals surface area contributed by atoms with Crippen LogP contribution < -0.4 is 0 Å². The molecule has 3 fully saturated rings. The maximum absolute atomic E-state index is 14.7. The molecule has 4 N–H and O–H groups in total. The lowest BCUT2D eigenvalue weighted by molar-refractivity contribution is -0.319. The van der Waals surface area contributed by atoms with Crippen molar-refractivity contribution >= 4 is 17.9 Å². The van der Waals surface area contributed by atoms with Crippen LogP contribution in [0, 0.1) is 23.7 Å². The molecule has 3 heterocycles. The summed E-state index contributed by atoms with van der Waals surface area (Å²) in [7, 11) is 6.77. The first-order chi connectivity index (χ1) is 32.5. The molecule has 2 aromatic rings. The second kappa shape index (κ2) is 23.8. The predicted octanol–water partition coefficient (Wildman–Crippen LogP) is 4.93. The minimum absolute atomic E-state index is 0.00855. The van der Waals surface area contributed by atoms with E-state index in [1.807, 2.05) is 32.8 Å². The van der Waals surface area contributed by atoms with Crippen molar-refractivity contribution in [2.45, 2.75) is 178 Å². The summed E-state index contributed by atoms with van der Waals surface area (Å²) in [6, 6.07) is 16.8. The molecule has 0 amide bonds. The molecule has 0 bridgehead atoms. The second-order valence-corrected chi connectivity index (χ2v) is 20.3. The number of hydrogen-bond donors (Lipinski definition) is 4. The predicted molar refractivity (Wildman–Crippen MR) is 253 cm³/mol. The highest BCUT2D eigenvalue weighted by Crippen LogP contribution is 2.43. The Morgan fingerprint density at radius 1 is 0.768 bits per heavy atom. The third-order valence-electron chi connectivity index (χ3n) is 15.0. The van der Waals surface area contributed by atoms with E-state index in [1.165, 1.54) is 14.2 Å². The molecule has 3 saturated heterocycles. The van der Waals surface area contributed by atoms with Crippen molar-refractivity contribution in [2.24, 2.45) is 23.7 Å². The van der Waals surface area contributed by atoms with Gasteiger partial charge in [0.2, 0.25) is 0 Å². The molecule has 0 spiro atoms. The number of ether oxygens (including phenoxy) is 9. The van der Waals surface area contributed by atoms with Gasteiger partial charge in [-0.15, -0.1) is 0 Å². The van der Waals surface area contributed by atoms with E-state index < -0.39 is 126 Å². The summed E-state index contributed by atoms with van der Waals surface area (Å²) in [5, 5.41) is 46.4. The van der Waals surface area contributed by atoms with Crippen molar-refractivity contribution in [1.82, 2.24) is 4.90 Å². The van der Waals surface area contributed by atoms with Crippen LogP contribution in [-0.4, -0.2) is 169 Å². The fourth-order valence-corrected chi connectivity index (χ4v) is 10.6. The van der Waals surface area contributed by atoms with Gasteiger partial charge in [0.1, 0.15) is 11.7 Å². The highest BCUT2D eigenvalue weighted by atomic mass is 16.7. The van der Waals surface area contributed by atoms with E-state index in [0.717, 1.165) is 0 Å². The number of rotatable bonds is 13. The number of cyclic esters (lactones) is 1. The zero-order chi connectivity index (χ0) is 51.2. The summed E-state index contributed by atoms with van der Waals surface area (Å²) in [5.41, 5.74) is -4.21. The van der Waals surface area contributed by atoms with Crippen LogP contribution in [0.4, 0.5) is 0 Å². The Balaban J connectivity index is 1.63. The van der Waals surface area contributed by atoms with Crippen molar-refractivity contribution < 1.29 is 77.4 Å². The summed E-state index contributed by atoms with van der Waals surface area (Å²) in [5.74, 6) is -5.71. The number of carbonyl (C=O) groups excluding carboxylic acids is 3. The topological polar surface area (TPSA) is 218 Å². The number of aliphatic hydroxyl groups excluding tert-OH is 3. The smallest absolute Gasteiger partial charge is 0.338 e. The first-order valence-corrected chi connectivity index (χ1v) is 24.3. The molecular formula is C52H79NO16. The maximum atomic E-state index is 14.7. The monoisotopic (exact) mass is 974 g/mol. The van der Waals surface area contributed by atoms with Crippen LogP contribution in [0.5, 0.6) is 0 Å². The number of hydrogen-bond acceptors (Lipinski definition) is 17. The molecule has 69 heavy (non-hydrogen) atoms. The van der Waals surface area contributed by atoms with Crippen molar-refractivity contribution in [3.05, 3.63) is 71.8 Å². The lowest BCUT2D eigenvalue weighted by Gasteiger charge is -2.50. The molecular weight excluding hydrogens is 895 g/mol. The minimum Gasteiger partial charge on any atom is -0.459 e. The molecule has 19 atom stereocenters. The Kier molecular flexibility index (Phi) is 19.4. The van der Waals surface area contributed by atoms with Crippen molar-refractivity contribution in [3.63, 3.8) is 0 Å². The van der Waals surface area contributed by atoms with Crippen LogP contribution >= 0.6 is 0 Å². The summed E-state index contributed by atoms with van der Waals surface area (Å²) in [6.07, 6.45) is -11.4. The maximum Gasteiger partial charge on any atom is 0.338 e. The van der Waals surface area contributed by atoms with Gasteiger partial charge in [-0.3, -0.25) is 4.79 Å². The van der Waals surface area contributed by atoms with Gasteiger partial charge in [-0.2, -0.15) is 0 Å². The van der Waals surface area contributed by atoms with Crippen LogP contribution in [0.3, 0.4) is 0 Å². The first kappa shape index (κ1) is 56.3. The van der Waals surface area contributed by atoms with E-state index in [4.69, 9.17) is 42.6 Å². The van der Waals surface area contributed by atoms with E-state index >= 15 is 0 Å². The molecule has 0 saturated carbocycles. The number of carbonyl (C=O) groups is 3. The lowest BCUT2D eigenvalue weighted by atomic mass is 9.73. The third kappa shape index (κ3) is 12.5. The van der Waals surface area contributed by atoms with Crippen LogP contribution in [0.2, 0.25) is 0 Å². The van der Waals surface area contributed by atoms with Gasteiger partial charge in [-0.25, -0.2) is 9.59 Å². The summed E-state index contributed by atoms with van der Waals surface area (Å²) in [6.45, 7) is 14.6. The molecule has 17 heteroatoms. The average Bonchev–Trinajstić information content (AvgIpc) is 3.34. The molecule has 5 rings (SSSR count). The molecule has 388 valence electrons. The van der Waals surface area contributed by atoms with E-state index in [9.17, 15) is 34.8 Å². The van der Waals surface area contributed by atoms with E-state index in [0.29, 0.717) is 17.5 Å². The fourth-order valence-electron chi connectivity index (χ4n) is 10.6. The van der Waals surface area contributed by atoms with E-state index in [1.54, 1.807) is 109 Å². The quantitative estimate of drug-likeness (QED) is 0.154. The number of benzene rings is 2. The van der Waals surface area contributed by atoms with E-state index in [2.05, 4.69) is 0 Å². The zero-order valence-electron chi connectivity index (χ0n) is 42.7. The molecule has 3 aliphatic heterocycles. The Morgan fingerprint density at radius 3 is 1.84 bits per heavy atom. The van der Waals surface area contributed by atoms with Gasteiger partial charge < -0.3 is 68.0 Å². The van der Waals surface area contributed by atoms with Gasteiger partial charge in [0.15, 0.2) is 30.4 Å². The molecule has 17 nitrogen and oxygen atoms in total. The summed E-state index contributed by atoms with van der Waals surface area (Å²) < 4.78 is 58.3. The van der Waals surface area contributed by atoms with Crippen molar-refractivity contribution in [2.75, 3.05) is 34.9 Å². The van der Waals surface area contributed by atoms with Gasteiger partial charge in [-0.05, 0) is 98.2 Å². The third-order valence-corrected chi connectivity index (χ3v) is 15.0. The standard InChI is InChI=1S/C52H79NO16/c1-14-38-52(60,28-54)43(56)31(4)40(55)29(2)26-50(8,61-12)44(69-49-42(37(53(10)11)25-30(3)63-49)67-47(58)35-21-17-15-18-22-35)32(5)41(33(6)46(57)65-38)66-39-27-51(9,62-13)45(34(7)64-39)68-48(59)36-23-19-16-20-24-36/h15-24,29-34,37-45,49,54-56,60H,14,25-28H2,1-13H3/t29-,30-,31+,32+,33-,34+,37+,38-,39?,40+,41+,42-,43-,44-,45+,49?,50+,51-,52-/m1/s1.